The van der Waals surface area contributed by atoms with Gasteiger partial charge in [-0.2, -0.15) is 9.97 Å². The molecule has 2 unspecified atom stereocenters. The highest BCUT2D eigenvalue weighted by molar-refractivity contribution is 5.94. The minimum absolute atomic E-state index is 0.00517. The van der Waals surface area contributed by atoms with Crippen LogP contribution in [0.5, 0.6) is 17.5 Å². The predicted octanol–water partition coefficient (Wildman–Crippen LogP) is 2.32. The normalized spacial score (nSPS) is 19.2. The van der Waals surface area contributed by atoms with Gasteiger partial charge in [0.05, 0.1) is 32.5 Å². The van der Waals surface area contributed by atoms with E-state index in [2.05, 4.69) is 9.97 Å². The molecule has 150 valence electrons. The van der Waals surface area contributed by atoms with E-state index in [0.717, 1.165) is 0 Å². The monoisotopic (exact) mass is 387 g/mol. The third-order valence-corrected chi connectivity index (χ3v) is 4.32. The van der Waals surface area contributed by atoms with Gasteiger partial charge in [-0.15, -0.1) is 0 Å². The van der Waals surface area contributed by atoms with E-state index in [1.54, 1.807) is 30.3 Å². The van der Waals surface area contributed by atoms with Gasteiger partial charge in [-0.25, -0.2) is 0 Å². The number of hydrogen-bond acceptors (Lipinski definition) is 7. The van der Waals surface area contributed by atoms with Crippen LogP contribution in [0.25, 0.3) is 0 Å². The van der Waals surface area contributed by atoms with Crippen molar-refractivity contribution >= 4 is 5.91 Å². The summed E-state index contributed by atoms with van der Waals surface area (Å²) in [6.45, 7) is 5.29. The Kier molecular flexibility index (Phi) is 6.30. The van der Waals surface area contributed by atoms with Gasteiger partial charge in [0.15, 0.2) is 5.82 Å². The lowest BCUT2D eigenvalue weighted by Gasteiger charge is -2.35. The Morgan fingerprint density at radius 2 is 1.64 bits per heavy atom. The summed E-state index contributed by atoms with van der Waals surface area (Å²) in [6.07, 6.45) is 0.0744. The van der Waals surface area contributed by atoms with Gasteiger partial charge in [0.25, 0.3) is 5.91 Å². The fourth-order valence-corrected chi connectivity index (χ4v) is 3.09. The first kappa shape index (κ1) is 19.9. The Labute approximate surface area is 164 Å². The number of hydrogen-bond donors (Lipinski definition) is 0. The van der Waals surface area contributed by atoms with E-state index in [-0.39, 0.29) is 24.7 Å². The summed E-state index contributed by atoms with van der Waals surface area (Å²) in [5, 5.41) is 0. The van der Waals surface area contributed by atoms with E-state index < -0.39 is 0 Å². The SMILES string of the molecule is COc1cc(OC)nc(COc2ccc(C(=O)N3CC(C)OC(C)C3)cc2)n1. The van der Waals surface area contributed by atoms with E-state index in [1.807, 2.05) is 18.7 Å². The third-order valence-electron chi connectivity index (χ3n) is 4.32. The number of aromatic nitrogens is 2. The number of benzene rings is 1. The molecule has 8 nitrogen and oxygen atoms in total. The summed E-state index contributed by atoms with van der Waals surface area (Å²) in [6, 6.07) is 8.64. The van der Waals surface area contributed by atoms with Crippen LogP contribution < -0.4 is 14.2 Å². The topological polar surface area (TPSA) is 83.0 Å². The van der Waals surface area contributed by atoms with Crippen LogP contribution in [0.15, 0.2) is 30.3 Å². The predicted molar refractivity (Wildman–Crippen MR) is 102 cm³/mol. The molecule has 2 aromatic rings. The average molecular weight is 387 g/mol. The summed E-state index contributed by atoms with van der Waals surface area (Å²) >= 11 is 0. The summed E-state index contributed by atoms with van der Waals surface area (Å²) in [5.41, 5.74) is 0.618. The van der Waals surface area contributed by atoms with Crippen LogP contribution in [0, 0.1) is 0 Å². The van der Waals surface area contributed by atoms with Crippen molar-refractivity contribution in [1.29, 1.82) is 0 Å². The Bertz CT molecular complexity index is 780. The first-order valence-corrected chi connectivity index (χ1v) is 9.12. The van der Waals surface area contributed by atoms with E-state index in [9.17, 15) is 4.79 Å². The van der Waals surface area contributed by atoms with Crippen molar-refractivity contribution in [1.82, 2.24) is 14.9 Å². The largest absolute Gasteiger partial charge is 0.486 e. The number of carbonyl (C=O) groups is 1. The second-order valence-electron chi connectivity index (χ2n) is 6.65. The number of nitrogens with zero attached hydrogens (tertiary/aromatic N) is 3. The molecule has 1 aliphatic heterocycles. The first-order chi connectivity index (χ1) is 13.5. The maximum Gasteiger partial charge on any atom is 0.254 e. The zero-order valence-electron chi connectivity index (χ0n) is 16.5. The molecule has 0 spiro atoms. The van der Waals surface area contributed by atoms with E-state index in [1.165, 1.54) is 14.2 Å². The molecule has 0 bridgehead atoms. The van der Waals surface area contributed by atoms with Crippen LogP contribution in [-0.2, 0) is 11.3 Å². The summed E-state index contributed by atoms with van der Waals surface area (Å²) in [7, 11) is 3.05. The first-order valence-electron chi connectivity index (χ1n) is 9.12. The zero-order valence-corrected chi connectivity index (χ0v) is 16.5. The molecular formula is C20H25N3O5. The van der Waals surface area contributed by atoms with Gasteiger partial charge in [-0.3, -0.25) is 4.79 Å². The van der Waals surface area contributed by atoms with Crippen LogP contribution in [0.4, 0.5) is 0 Å². The van der Waals surface area contributed by atoms with Crippen molar-refractivity contribution in [2.24, 2.45) is 0 Å². The number of carbonyl (C=O) groups excluding carboxylic acids is 1. The Hall–Kier alpha value is -2.87. The Morgan fingerprint density at radius 3 is 2.18 bits per heavy atom. The molecule has 0 aliphatic carbocycles. The fraction of sp³-hybridized carbons (Fsp3) is 0.450. The fourth-order valence-electron chi connectivity index (χ4n) is 3.09. The molecule has 8 heteroatoms. The van der Waals surface area contributed by atoms with Gasteiger partial charge in [0.2, 0.25) is 11.8 Å². The molecule has 2 heterocycles. The number of morpholine rings is 1. The number of rotatable bonds is 6. The van der Waals surface area contributed by atoms with Crippen molar-refractivity contribution in [3.05, 3.63) is 41.7 Å². The molecule has 1 aliphatic rings. The minimum atomic E-state index is -0.00517. The molecule has 1 saturated heterocycles. The van der Waals surface area contributed by atoms with Crippen molar-refractivity contribution in [3.63, 3.8) is 0 Å². The van der Waals surface area contributed by atoms with E-state index >= 15 is 0 Å². The molecule has 0 radical (unpaired) electrons. The average Bonchev–Trinajstić information content (AvgIpc) is 2.71. The molecule has 1 aromatic carbocycles. The van der Waals surface area contributed by atoms with Gasteiger partial charge in [-0.05, 0) is 38.1 Å². The van der Waals surface area contributed by atoms with Crippen molar-refractivity contribution < 1.29 is 23.7 Å². The molecule has 0 saturated carbocycles. The summed E-state index contributed by atoms with van der Waals surface area (Å²) < 4.78 is 21.7. The third kappa shape index (κ3) is 4.89. The molecule has 2 atom stereocenters. The van der Waals surface area contributed by atoms with Crippen LogP contribution in [0.1, 0.15) is 30.0 Å². The maximum absolute atomic E-state index is 12.7. The van der Waals surface area contributed by atoms with E-state index in [0.29, 0.717) is 42.0 Å². The molecule has 1 fully saturated rings. The quantitative estimate of drug-likeness (QED) is 0.752. The van der Waals surface area contributed by atoms with Crippen LogP contribution >= 0.6 is 0 Å². The van der Waals surface area contributed by atoms with Crippen LogP contribution in [0.2, 0.25) is 0 Å². The molecule has 28 heavy (non-hydrogen) atoms. The second kappa shape index (κ2) is 8.88. The van der Waals surface area contributed by atoms with E-state index in [4.69, 9.17) is 18.9 Å². The number of amides is 1. The maximum atomic E-state index is 12.7. The molecule has 3 rings (SSSR count). The van der Waals surface area contributed by atoms with Gasteiger partial charge < -0.3 is 23.8 Å². The lowest BCUT2D eigenvalue weighted by molar-refractivity contribution is -0.0586. The van der Waals surface area contributed by atoms with Gasteiger partial charge in [0.1, 0.15) is 12.4 Å². The van der Waals surface area contributed by atoms with Gasteiger partial charge >= 0.3 is 0 Å². The summed E-state index contributed by atoms with van der Waals surface area (Å²) in [4.78, 5) is 23.0. The lowest BCUT2D eigenvalue weighted by atomic mass is 10.1. The molecule has 1 amide bonds. The molecule has 1 aromatic heterocycles. The number of ether oxygens (including phenoxy) is 4. The standard InChI is InChI=1S/C20H25N3O5/c1-13-10-23(11-14(2)28-13)20(24)15-5-7-16(8-6-15)27-12-17-21-18(25-3)9-19(22-17)26-4/h5-9,13-14H,10-12H2,1-4H3. The Balaban J connectivity index is 1.62. The highest BCUT2D eigenvalue weighted by atomic mass is 16.5. The molecule has 0 N–H and O–H groups in total. The van der Waals surface area contributed by atoms with Gasteiger partial charge in [-0.1, -0.05) is 0 Å². The lowest BCUT2D eigenvalue weighted by Crippen LogP contribution is -2.48. The second-order valence-corrected chi connectivity index (χ2v) is 6.65. The van der Waals surface area contributed by atoms with Crippen molar-refractivity contribution in [3.8, 4) is 17.5 Å². The smallest absolute Gasteiger partial charge is 0.254 e. The van der Waals surface area contributed by atoms with Crippen molar-refractivity contribution in [2.75, 3.05) is 27.3 Å². The highest BCUT2D eigenvalue weighted by Gasteiger charge is 2.26. The summed E-state index contributed by atoms with van der Waals surface area (Å²) in [5.74, 6) is 1.86. The number of methoxy groups -OCH3 is 2. The van der Waals surface area contributed by atoms with Crippen LogP contribution in [-0.4, -0.2) is 60.3 Å². The van der Waals surface area contributed by atoms with Gasteiger partial charge in [0, 0.05) is 18.7 Å². The molecular weight excluding hydrogens is 362 g/mol. The zero-order chi connectivity index (χ0) is 20.1. The van der Waals surface area contributed by atoms with Crippen LogP contribution in [0.3, 0.4) is 0 Å². The Morgan fingerprint density at radius 1 is 1.07 bits per heavy atom. The minimum Gasteiger partial charge on any atom is -0.486 e. The van der Waals surface area contributed by atoms with Crippen molar-refractivity contribution in [2.45, 2.75) is 32.7 Å². The highest BCUT2D eigenvalue weighted by Crippen LogP contribution is 2.19.